The molecule has 0 aliphatic rings. The van der Waals surface area contributed by atoms with E-state index in [1.54, 1.807) is 19.2 Å². The number of nitrogens with one attached hydrogen (secondary N) is 1. The number of ether oxygens (including phenoxy) is 1. The lowest BCUT2D eigenvalue weighted by Crippen LogP contribution is -2.33. The molecule has 1 amide bonds. The first kappa shape index (κ1) is 16.2. The fraction of sp³-hybridized carbons (Fsp3) is 0.467. The van der Waals surface area contributed by atoms with Gasteiger partial charge < -0.3 is 15.2 Å². The molecule has 0 aliphatic carbocycles. The van der Waals surface area contributed by atoms with Crippen LogP contribution in [0.5, 0.6) is 0 Å². The first-order chi connectivity index (χ1) is 9.45. The summed E-state index contributed by atoms with van der Waals surface area (Å²) in [5.74, 6) is -1.35. The van der Waals surface area contributed by atoms with Gasteiger partial charge >= 0.3 is 5.97 Å². The second kappa shape index (κ2) is 7.65. The maximum absolute atomic E-state index is 11.7. The van der Waals surface area contributed by atoms with Gasteiger partial charge in [0.2, 0.25) is 5.91 Å². The van der Waals surface area contributed by atoms with Gasteiger partial charge in [-0.25, -0.2) is 4.79 Å². The Hall–Kier alpha value is -1.88. The SMILES string of the molecule is COCCCC(=O)NC(C(=O)O)c1ccc(C)c(C)c1. The molecule has 0 fully saturated rings. The molecule has 0 aromatic heterocycles. The van der Waals surface area contributed by atoms with E-state index in [2.05, 4.69) is 5.32 Å². The standard InChI is InChI=1S/C15H21NO4/c1-10-6-7-12(9-11(10)2)14(15(18)19)16-13(17)5-4-8-20-3/h6-7,9,14H,4-5,8H2,1-3H3,(H,16,17)(H,18,19). The van der Waals surface area contributed by atoms with E-state index < -0.39 is 12.0 Å². The third-order valence-corrected chi connectivity index (χ3v) is 3.17. The summed E-state index contributed by atoms with van der Waals surface area (Å²) in [4.78, 5) is 23.1. The minimum absolute atomic E-state index is 0.252. The monoisotopic (exact) mass is 279 g/mol. The molecule has 5 nitrogen and oxygen atoms in total. The lowest BCUT2D eigenvalue weighted by atomic mass is 10.0. The Morgan fingerprint density at radius 3 is 2.55 bits per heavy atom. The summed E-state index contributed by atoms with van der Waals surface area (Å²) in [5.41, 5.74) is 2.67. The summed E-state index contributed by atoms with van der Waals surface area (Å²) in [7, 11) is 1.56. The predicted octanol–water partition coefficient (Wildman–Crippen LogP) is 1.97. The molecule has 0 radical (unpaired) electrons. The highest BCUT2D eigenvalue weighted by Crippen LogP contribution is 2.17. The van der Waals surface area contributed by atoms with Gasteiger partial charge in [0.15, 0.2) is 6.04 Å². The fourth-order valence-corrected chi connectivity index (χ4v) is 1.84. The van der Waals surface area contributed by atoms with Gasteiger partial charge in [-0.05, 0) is 37.0 Å². The van der Waals surface area contributed by atoms with Crippen molar-refractivity contribution in [2.75, 3.05) is 13.7 Å². The smallest absolute Gasteiger partial charge is 0.330 e. The molecule has 1 atom stereocenters. The molecule has 2 N–H and O–H groups in total. The van der Waals surface area contributed by atoms with Gasteiger partial charge in [-0.2, -0.15) is 0 Å². The minimum Gasteiger partial charge on any atom is -0.479 e. The Kier molecular flexibility index (Phi) is 6.18. The number of benzene rings is 1. The van der Waals surface area contributed by atoms with Crippen LogP contribution in [0, 0.1) is 13.8 Å². The van der Waals surface area contributed by atoms with Crippen LogP contribution >= 0.6 is 0 Å². The molecule has 0 bridgehead atoms. The maximum Gasteiger partial charge on any atom is 0.330 e. The summed E-state index contributed by atoms with van der Waals surface area (Å²) in [6.45, 7) is 4.35. The fourth-order valence-electron chi connectivity index (χ4n) is 1.84. The highest BCUT2D eigenvalue weighted by molar-refractivity contribution is 5.84. The van der Waals surface area contributed by atoms with Gasteiger partial charge in [-0.3, -0.25) is 4.79 Å². The number of methoxy groups -OCH3 is 1. The summed E-state index contributed by atoms with van der Waals surface area (Å²) >= 11 is 0. The molecule has 110 valence electrons. The van der Waals surface area contributed by atoms with Crippen LogP contribution in [0.15, 0.2) is 18.2 Å². The number of hydrogen-bond donors (Lipinski definition) is 2. The Morgan fingerprint density at radius 2 is 2.00 bits per heavy atom. The average molecular weight is 279 g/mol. The lowest BCUT2D eigenvalue weighted by molar-refractivity contribution is -0.142. The molecule has 1 aromatic carbocycles. The molecule has 5 heteroatoms. The van der Waals surface area contributed by atoms with E-state index in [0.717, 1.165) is 11.1 Å². The topological polar surface area (TPSA) is 75.6 Å². The Labute approximate surface area is 118 Å². The summed E-state index contributed by atoms with van der Waals surface area (Å²) in [6, 6.07) is 4.38. The molecular formula is C15H21NO4. The van der Waals surface area contributed by atoms with Gasteiger partial charge in [-0.15, -0.1) is 0 Å². The van der Waals surface area contributed by atoms with Crippen molar-refractivity contribution in [1.29, 1.82) is 0 Å². The van der Waals surface area contributed by atoms with E-state index in [0.29, 0.717) is 18.6 Å². The number of aliphatic carboxylic acids is 1. The number of carboxylic acid groups (broad SMARTS) is 1. The van der Waals surface area contributed by atoms with Crippen molar-refractivity contribution in [3.8, 4) is 0 Å². The summed E-state index contributed by atoms with van der Waals surface area (Å²) in [6.07, 6.45) is 0.823. The normalized spacial score (nSPS) is 11.9. The Balaban J connectivity index is 2.76. The number of carbonyl (C=O) groups is 2. The van der Waals surface area contributed by atoms with E-state index in [4.69, 9.17) is 4.74 Å². The average Bonchev–Trinajstić information content (AvgIpc) is 2.39. The maximum atomic E-state index is 11.7. The number of carbonyl (C=O) groups excluding carboxylic acids is 1. The first-order valence-corrected chi connectivity index (χ1v) is 6.54. The second-order valence-electron chi connectivity index (χ2n) is 4.78. The molecule has 0 saturated carbocycles. The largest absolute Gasteiger partial charge is 0.479 e. The minimum atomic E-state index is -1.06. The highest BCUT2D eigenvalue weighted by atomic mass is 16.5. The van der Waals surface area contributed by atoms with E-state index >= 15 is 0 Å². The van der Waals surface area contributed by atoms with Crippen LogP contribution in [0.2, 0.25) is 0 Å². The lowest BCUT2D eigenvalue weighted by Gasteiger charge is -2.16. The van der Waals surface area contributed by atoms with Gasteiger partial charge in [0.25, 0.3) is 0 Å². The summed E-state index contributed by atoms with van der Waals surface area (Å²) in [5, 5.41) is 11.8. The quantitative estimate of drug-likeness (QED) is 0.748. The van der Waals surface area contributed by atoms with Crippen LogP contribution in [0.4, 0.5) is 0 Å². The third-order valence-electron chi connectivity index (χ3n) is 3.17. The van der Waals surface area contributed by atoms with E-state index in [1.807, 2.05) is 19.9 Å². The van der Waals surface area contributed by atoms with Crippen LogP contribution in [0.3, 0.4) is 0 Å². The van der Waals surface area contributed by atoms with Gasteiger partial charge in [-0.1, -0.05) is 18.2 Å². The van der Waals surface area contributed by atoms with Crippen LogP contribution in [-0.2, 0) is 14.3 Å². The van der Waals surface area contributed by atoms with Gasteiger partial charge in [0.1, 0.15) is 0 Å². The van der Waals surface area contributed by atoms with Gasteiger partial charge in [0, 0.05) is 20.1 Å². The molecule has 0 saturated heterocycles. The van der Waals surface area contributed by atoms with Crippen molar-refractivity contribution >= 4 is 11.9 Å². The van der Waals surface area contributed by atoms with Crippen molar-refractivity contribution < 1.29 is 19.4 Å². The number of hydrogen-bond acceptors (Lipinski definition) is 3. The molecule has 0 heterocycles. The molecule has 0 spiro atoms. The molecule has 1 unspecified atom stereocenters. The number of carboxylic acids is 1. The summed E-state index contributed by atoms with van der Waals surface area (Å²) < 4.78 is 4.86. The number of amides is 1. The van der Waals surface area contributed by atoms with E-state index in [1.165, 1.54) is 0 Å². The second-order valence-corrected chi connectivity index (χ2v) is 4.78. The number of rotatable bonds is 7. The zero-order valence-electron chi connectivity index (χ0n) is 12.1. The molecule has 1 rings (SSSR count). The van der Waals surface area contributed by atoms with Crippen LogP contribution in [0.25, 0.3) is 0 Å². The van der Waals surface area contributed by atoms with Crippen LogP contribution in [0.1, 0.15) is 35.6 Å². The third kappa shape index (κ3) is 4.66. The highest BCUT2D eigenvalue weighted by Gasteiger charge is 2.22. The van der Waals surface area contributed by atoms with Crippen molar-refractivity contribution in [1.82, 2.24) is 5.32 Å². The Bertz CT molecular complexity index is 485. The van der Waals surface area contributed by atoms with Crippen molar-refractivity contribution in [2.45, 2.75) is 32.7 Å². The molecular weight excluding hydrogens is 258 g/mol. The molecule has 0 aliphatic heterocycles. The number of aryl methyl sites for hydroxylation is 2. The van der Waals surface area contributed by atoms with E-state index in [-0.39, 0.29) is 12.3 Å². The predicted molar refractivity (Wildman–Crippen MR) is 75.5 cm³/mol. The van der Waals surface area contributed by atoms with Gasteiger partial charge in [0.05, 0.1) is 0 Å². The molecule has 20 heavy (non-hydrogen) atoms. The van der Waals surface area contributed by atoms with Crippen molar-refractivity contribution in [2.24, 2.45) is 0 Å². The molecule has 1 aromatic rings. The van der Waals surface area contributed by atoms with Crippen LogP contribution < -0.4 is 5.32 Å². The van der Waals surface area contributed by atoms with Crippen LogP contribution in [-0.4, -0.2) is 30.7 Å². The van der Waals surface area contributed by atoms with E-state index in [9.17, 15) is 14.7 Å². The van der Waals surface area contributed by atoms with Crippen molar-refractivity contribution in [3.63, 3.8) is 0 Å². The van der Waals surface area contributed by atoms with Crippen molar-refractivity contribution in [3.05, 3.63) is 34.9 Å². The zero-order valence-corrected chi connectivity index (χ0v) is 12.1. The zero-order chi connectivity index (χ0) is 15.1. The Morgan fingerprint density at radius 1 is 1.30 bits per heavy atom. The first-order valence-electron chi connectivity index (χ1n) is 6.54.